The first kappa shape index (κ1) is 11.4. The monoisotopic (exact) mass is 244 g/mol. The second kappa shape index (κ2) is 4.86. The number of rotatable bonds is 2. The summed E-state index contributed by atoms with van der Waals surface area (Å²) in [6.07, 6.45) is 2.58. The van der Waals surface area contributed by atoms with Crippen LogP contribution in [0.4, 0.5) is 0 Å². The average molecular weight is 245 g/mol. The van der Waals surface area contributed by atoms with Gasteiger partial charge in [0, 0.05) is 28.2 Å². The summed E-state index contributed by atoms with van der Waals surface area (Å²) in [5, 5.41) is 0. The van der Waals surface area contributed by atoms with E-state index in [0.717, 1.165) is 13.0 Å². The fraction of sp³-hybridized carbons (Fsp3) is 0.667. The summed E-state index contributed by atoms with van der Waals surface area (Å²) < 4.78 is 5.88. The lowest BCUT2D eigenvalue weighted by Crippen LogP contribution is -2.23. The largest absolute Gasteiger partial charge is 0.373 e. The molecule has 15 heavy (non-hydrogen) atoms. The molecule has 1 fully saturated rings. The number of alkyl halides is 1. The number of thiophene rings is 1. The molecule has 0 spiro atoms. The summed E-state index contributed by atoms with van der Waals surface area (Å²) in [5.41, 5.74) is 1.36. The minimum atomic E-state index is 0.237. The first-order chi connectivity index (χ1) is 7.22. The van der Waals surface area contributed by atoms with Crippen molar-refractivity contribution in [3.8, 4) is 0 Å². The van der Waals surface area contributed by atoms with Gasteiger partial charge in [0.2, 0.25) is 0 Å². The summed E-state index contributed by atoms with van der Waals surface area (Å²) in [5.74, 6) is 1.20. The maximum absolute atomic E-state index is 6.01. The van der Waals surface area contributed by atoms with Gasteiger partial charge in [0.05, 0.1) is 6.10 Å². The van der Waals surface area contributed by atoms with Crippen molar-refractivity contribution < 1.29 is 4.74 Å². The smallest absolute Gasteiger partial charge is 0.0875 e. The summed E-state index contributed by atoms with van der Waals surface area (Å²) in [6, 6.07) is 2.26. The fourth-order valence-electron chi connectivity index (χ4n) is 2.28. The molecule has 1 saturated heterocycles. The normalized spacial score (nSPS) is 26.9. The summed E-state index contributed by atoms with van der Waals surface area (Å²) >= 11 is 7.86. The Hall–Kier alpha value is -0.0500. The third-order valence-electron chi connectivity index (χ3n) is 3.03. The van der Waals surface area contributed by atoms with Crippen molar-refractivity contribution in [2.45, 2.75) is 32.8 Å². The molecule has 0 saturated carbocycles. The standard InChI is InChI=1S/C12H17ClOS/c1-8-6-11(9(2)15-8)12-10(7-13)4-3-5-14-12/h6,10,12H,3-5,7H2,1-2H3. The van der Waals surface area contributed by atoms with Gasteiger partial charge in [0.1, 0.15) is 0 Å². The van der Waals surface area contributed by atoms with Crippen molar-refractivity contribution in [1.29, 1.82) is 0 Å². The highest BCUT2D eigenvalue weighted by Gasteiger charge is 2.28. The van der Waals surface area contributed by atoms with E-state index in [9.17, 15) is 0 Å². The van der Waals surface area contributed by atoms with E-state index >= 15 is 0 Å². The Labute approximate surface area is 100 Å². The molecule has 0 bridgehead atoms. The van der Waals surface area contributed by atoms with Crippen molar-refractivity contribution in [2.75, 3.05) is 12.5 Å². The highest BCUT2D eigenvalue weighted by Crippen LogP contribution is 2.38. The lowest BCUT2D eigenvalue weighted by atomic mass is 9.91. The molecule has 0 amide bonds. The second-order valence-corrected chi connectivity index (χ2v) is 5.99. The van der Waals surface area contributed by atoms with Gasteiger partial charge in [-0.15, -0.1) is 22.9 Å². The van der Waals surface area contributed by atoms with Crippen LogP contribution in [0.5, 0.6) is 0 Å². The lowest BCUT2D eigenvalue weighted by Gasteiger charge is -2.30. The van der Waals surface area contributed by atoms with Crippen molar-refractivity contribution in [3.63, 3.8) is 0 Å². The predicted molar refractivity (Wildman–Crippen MR) is 65.9 cm³/mol. The highest BCUT2D eigenvalue weighted by atomic mass is 35.5. The van der Waals surface area contributed by atoms with Crippen LogP contribution in [-0.4, -0.2) is 12.5 Å². The molecule has 0 aromatic carbocycles. The summed E-state index contributed by atoms with van der Waals surface area (Å²) in [6.45, 7) is 5.21. The Morgan fingerprint density at radius 1 is 1.53 bits per heavy atom. The van der Waals surface area contributed by atoms with Gasteiger partial charge < -0.3 is 4.74 Å². The second-order valence-electron chi connectivity index (χ2n) is 4.22. The van der Waals surface area contributed by atoms with Crippen molar-refractivity contribution in [2.24, 2.45) is 5.92 Å². The zero-order chi connectivity index (χ0) is 10.8. The average Bonchev–Trinajstić information content (AvgIpc) is 2.57. The van der Waals surface area contributed by atoms with E-state index < -0.39 is 0 Å². The quantitative estimate of drug-likeness (QED) is 0.713. The molecular formula is C12H17ClOS. The van der Waals surface area contributed by atoms with Gasteiger partial charge in [0.25, 0.3) is 0 Å². The number of halogens is 1. The van der Waals surface area contributed by atoms with E-state index in [4.69, 9.17) is 16.3 Å². The van der Waals surface area contributed by atoms with E-state index in [-0.39, 0.29) is 6.10 Å². The van der Waals surface area contributed by atoms with Crippen LogP contribution in [-0.2, 0) is 4.74 Å². The van der Waals surface area contributed by atoms with Crippen LogP contribution in [0.3, 0.4) is 0 Å². The maximum atomic E-state index is 6.01. The zero-order valence-corrected chi connectivity index (χ0v) is 10.8. The molecule has 1 aromatic rings. The van der Waals surface area contributed by atoms with E-state index in [1.165, 1.54) is 21.7 Å². The fourth-order valence-corrected chi connectivity index (χ4v) is 3.56. The minimum Gasteiger partial charge on any atom is -0.373 e. The maximum Gasteiger partial charge on any atom is 0.0875 e. The molecule has 0 radical (unpaired) electrons. The SMILES string of the molecule is Cc1cc(C2OCCCC2CCl)c(C)s1. The zero-order valence-electron chi connectivity index (χ0n) is 9.25. The van der Waals surface area contributed by atoms with Gasteiger partial charge in [-0.25, -0.2) is 0 Å². The Kier molecular flexibility index (Phi) is 3.70. The van der Waals surface area contributed by atoms with Gasteiger partial charge >= 0.3 is 0 Å². The number of hydrogen-bond donors (Lipinski definition) is 0. The van der Waals surface area contributed by atoms with Crippen LogP contribution in [0.25, 0.3) is 0 Å². The van der Waals surface area contributed by atoms with Crippen LogP contribution in [0.1, 0.15) is 34.3 Å². The molecule has 3 heteroatoms. The van der Waals surface area contributed by atoms with Gasteiger partial charge in [-0.1, -0.05) is 0 Å². The molecule has 1 nitrogen and oxygen atoms in total. The third kappa shape index (κ3) is 2.38. The van der Waals surface area contributed by atoms with Crippen LogP contribution >= 0.6 is 22.9 Å². The Morgan fingerprint density at radius 3 is 2.93 bits per heavy atom. The van der Waals surface area contributed by atoms with E-state index in [1.54, 1.807) is 0 Å². The third-order valence-corrected chi connectivity index (χ3v) is 4.41. The Bertz CT molecular complexity index is 334. The molecule has 84 valence electrons. The number of aryl methyl sites for hydroxylation is 2. The Balaban J connectivity index is 2.23. The van der Waals surface area contributed by atoms with Crippen LogP contribution in [0, 0.1) is 19.8 Å². The predicted octanol–water partition coefficient (Wildman–Crippen LogP) is 4.07. The minimum absolute atomic E-state index is 0.237. The molecule has 1 aliphatic heterocycles. The van der Waals surface area contributed by atoms with Crippen molar-refractivity contribution in [1.82, 2.24) is 0 Å². The number of hydrogen-bond acceptors (Lipinski definition) is 2. The van der Waals surface area contributed by atoms with E-state index in [0.29, 0.717) is 11.8 Å². The first-order valence-electron chi connectivity index (χ1n) is 5.47. The van der Waals surface area contributed by atoms with Crippen LogP contribution in [0.2, 0.25) is 0 Å². The van der Waals surface area contributed by atoms with Gasteiger partial charge in [0.15, 0.2) is 0 Å². The van der Waals surface area contributed by atoms with Crippen molar-refractivity contribution in [3.05, 3.63) is 21.4 Å². The molecule has 1 aliphatic rings. The first-order valence-corrected chi connectivity index (χ1v) is 6.82. The van der Waals surface area contributed by atoms with Gasteiger partial charge in [-0.3, -0.25) is 0 Å². The van der Waals surface area contributed by atoms with Gasteiger partial charge in [-0.05, 0) is 38.3 Å². The molecule has 0 aliphatic carbocycles. The molecule has 0 N–H and O–H groups in total. The summed E-state index contributed by atoms with van der Waals surface area (Å²) in [7, 11) is 0. The van der Waals surface area contributed by atoms with Crippen molar-refractivity contribution >= 4 is 22.9 Å². The van der Waals surface area contributed by atoms with Crippen LogP contribution < -0.4 is 0 Å². The summed E-state index contributed by atoms with van der Waals surface area (Å²) in [4.78, 5) is 2.75. The molecule has 2 heterocycles. The topological polar surface area (TPSA) is 9.23 Å². The lowest BCUT2D eigenvalue weighted by molar-refractivity contribution is -0.0209. The Morgan fingerprint density at radius 2 is 2.33 bits per heavy atom. The van der Waals surface area contributed by atoms with Gasteiger partial charge in [-0.2, -0.15) is 0 Å². The van der Waals surface area contributed by atoms with E-state index in [1.807, 2.05) is 11.3 Å². The molecule has 2 unspecified atom stereocenters. The van der Waals surface area contributed by atoms with Crippen LogP contribution in [0.15, 0.2) is 6.07 Å². The number of ether oxygens (including phenoxy) is 1. The molecule has 2 rings (SSSR count). The highest BCUT2D eigenvalue weighted by molar-refractivity contribution is 7.12. The molecule has 1 aromatic heterocycles. The molecule has 2 atom stereocenters. The van der Waals surface area contributed by atoms with E-state index in [2.05, 4.69) is 19.9 Å². The molecular weight excluding hydrogens is 228 g/mol.